The van der Waals surface area contributed by atoms with Crippen LogP contribution in [0.25, 0.3) is 0 Å². The van der Waals surface area contributed by atoms with Crippen molar-refractivity contribution in [2.45, 2.75) is 44.2 Å². The molecular weight excluding hydrogens is 242 g/mol. The second kappa shape index (κ2) is 6.01. The van der Waals surface area contributed by atoms with Gasteiger partial charge in [-0.05, 0) is 31.4 Å². The van der Waals surface area contributed by atoms with E-state index in [1.165, 1.54) is 17.7 Å². The molecule has 0 bridgehead atoms. The Labute approximate surface area is 106 Å². The number of aliphatic hydroxyl groups excluding tert-OH is 1. The molecule has 1 heterocycles. The first-order chi connectivity index (χ1) is 7.75. The van der Waals surface area contributed by atoms with Gasteiger partial charge in [-0.3, -0.25) is 0 Å². The molecule has 0 aromatic carbocycles. The second-order valence-electron chi connectivity index (χ2n) is 4.37. The standard InChI is InChI=1S/C12H18ClNOS/c13-12-6-5-9(16-12)7-8-14-10-3-1-2-4-11(10)15/h5-6,10-11,14-15H,1-4,7-8H2. The summed E-state index contributed by atoms with van der Waals surface area (Å²) >= 11 is 7.51. The second-order valence-corrected chi connectivity index (χ2v) is 6.17. The van der Waals surface area contributed by atoms with Crippen molar-refractivity contribution in [3.8, 4) is 0 Å². The molecule has 2 atom stereocenters. The van der Waals surface area contributed by atoms with Gasteiger partial charge in [0.2, 0.25) is 0 Å². The maximum atomic E-state index is 9.79. The fourth-order valence-corrected chi connectivity index (χ4v) is 3.30. The molecule has 0 aliphatic heterocycles. The highest BCUT2D eigenvalue weighted by atomic mass is 35.5. The van der Waals surface area contributed by atoms with Gasteiger partial charge in [-0.25, -0.2) is 0 Å². The van der Waals surface area contributed by atoms with Crippen molar-refractivity contribution < 1.29 is 5.11 Å². The fraction of sp³-hybridized carbons (Fsp3) is 0.667. The molecule has 2 unspecified atom stereocenters. The highest BCUT2D eigenvalue weighted by Gasteiger charge is 2.21. The van der Waals surface area contributed by atoms with Crippen molar-refractivity contribution in [1.29, 1.82) is 0 Å². The maximum absolute atomic E-state index is 9.79. The number of halogens is 1. The van der Waals surface area contributed by atoms with Crippen LogP contribution in [0.1, 0.15) is 30.6 Å². The van der Waals surface area contributed by atoms with Crippen LogP contribution in [-0.2, 0) is 6.42 Å². The average molecular weight is 260 g/mol. The Morgan fingerprint density at radius 3 is 2.88 bits per heavy atom. The number of hydrogen-bond donors (Lipinski definition) is 2. The molecule has 1 aliphatic carbocycles. The van der Waals surface area contributed by atoms with E-state index in [4.69, 9.17) is 11.6 Å². The van der Waals surface area contributed by atoms with Gasteiger partial charge in [0.25, 0.3) is 0 Å². The van der Waals surface area contributed by atoms with Gasteiger partial charge in [0.05, 0.1) is 10.4 Å². The molecule has 16 heavy (non-hydrogen) atoms. The predicted molar refractivity (Wildman–Crippen MR) is 69.3 cm³/mol. The summed E-state index contributed by atoms with van der Waals surface area (Å²) in [5.41, 5.74) is 0. The van der Waals surface area contributed by atoms with Gasteiger partial charge in [0.1, 0.15) is 0 Å². The van der Waals surface area contributed by atoms with Crippen molar-refractivity contribution in [2.75, 3.05) is 6.54 Å². The average Bonchev–Trinajstić information content (AvgIpc) is 2.67. The Bertz CT molecular complexity index is 329. The molecule has 2 nitrogen and oxygen atoms in total. The number of aliphatic hydroxyl groups is 1. The summed E-state index contributed by atoms with van der Waals surface area (Å²) in [6, 6.07) is 4.31. The van der Waals surface area contributed by atoms with Gasteiger partial charge in [0.15, 0.2) is 0 Å². The molecule has 2 rings (SSSR count). The van der Waals surface area contributed by atoms with Gasteiger partial charge in [0, 0.05) is 17.5 Å². The fourth-order valence-electron chi connectivity index (χ4n) is 2.22. The molecule has 1 aromatic heterocycles. The molecule has 90 valence electrons. The van der Waals surface area contributed by atoms with E-state index in [2.05, 4.69) is 11.4 Å². The van der Waals surface area contributed by atoms with E-state index in [0.717, 1.165) is 30.1 Å². The summed E-state index contributed by atoms with van der Waals surface area (Å²) in [5.74, 6) is 0. The number of nitrogens with one attached hydrogen (secondary N) is 1. The van der Waals surface area contributed by atoms with E-state index in [9.17, 15) is 5.11 Å². The molecule has 2 N–H and O–H groups in total. The van der Waals surface area contributed by atoms with Crippen molar-refractivity contribution in [1.82, 2.24) is 5.32 Å². The Morgan fingerprint density at radius 2 is 2.19 bits per heavy atom. The molecule has 0 spiro atoms. The summed E-state index contributed by atoms with van der Waals surface area (Å²) in [5, 5.41) is 13.2. The van der Waals surface area contributed by atoms with E-state index in [-0.39, 0.29) is 6.10 Å². The van der Waals surface area contributed by atoms with Crippen LogP contribution >= 0.6 is 22.9 Å². The van der Waals surface area contributed by atoms with Crippen LogP contribution in [0.2, 0.25) is 4.34 Å². The largest absolute Gasteiger partial charge is 0.392 e. The Kier molecular flexibility index (Phi) is 4.65. The van der Waals surface area contributed by atoms with Crippen LogP contribution < -0.4 is 5.32 Å². The first-order valence-electron chi connectivity index (χ1n) is 5.91. The molecule has 1 saturated carbocycles. The quantitative estimate of drug-likeness (QED) is 0.872. The third-order valence-electron chi connectivity index (χ3n) is 3.14. The van der Waals surface area contributed by atoms with Crippen LogP contribution in [0, 0.1) is 0 Å². The third-order valence-corrected chi connectivity index (χ3v) is 4.43. The lowest BCUT2D eigenvalue weighted by Gasteiger charge is -2.28. The van der Waals surface area contributed by atoms with Crippen LogP contribution in [0.4, 0.5) is 0 Å². The highest BCUT2D eigenvalue weighted by Crippen LogP contribution is 2.22. The van der Waals surface area contributed by atoms with Gasteiger partial charge < -0.3 is 10.4 Å². The monoisotopic (exact) mass is 259 g/mol. The topological polar surface area (TPSA) is 32.3 Å². The van der Waals surface area contributed by atoms with E-state index in [1.54, 1.807) is 11.3 Å². The summed E-state index contributed by atoms with van der Waals surface area (Å²) in [6.07, 6.45) is 5.30. The van der Waals surface area contributed by atoms with Crippen molar-refractivity contribution >= 4 is 22.9 Å². The van der Waals surface area contributed by atoms with Gasteiger partial charge in [-0.1, -0.05) is 24.4 Å². The SMILES string of the molecule is OC1CCCCC1NCCc1ccc(Cl)s1. The molecule has 1 aromatic rings. The maximum Gasteiger partial charge on any atom is 0.0931 e. The minimum atomic E-state index is -0.152. The summed E-state index contributed by atoms with van der Waals surface area (Å²) in [6.45, 7) is 0.929. The van der Waals surface area contributed by atoms with Gasteiger partial charge in [-0.2, -0.15) is 0 Å². The predicted octanol–water partition coefficient (Wildman–Crippen LogP) is 2.84. The van der Waals surface area contributed by atoms with E-state index in [1.807, 2.05) is 6.07 Å². The number of thiophene rings is 1. The number of hydrogen-bond acceptors (Lipinski definition) is 3. The van der Waals surface area contributed by atoms with E-state index >= 15 is 0 Å². The third kappa shape index (κ3) is 3.45. The Balaban J connectivity index is 1.71. The van der Waals surface area contributed by atoms with E-state index in [0.29, 0.717) is 6.04 Å². The zero-order valence-electron chi connectivity index (χ0n) is 9.29. The van der Waals surface area contributed by atoms with Gasteiger partial charge >= 0.3 is 0 Å². The zero-order valence-corrected chi connectivity index (χ0v) is 10.9. The van der Waals surface area contributed by atoms with Crippen LogP contribution in [0.5, 0.6) is 0 Å². The van der Waals surface area contributed by atoms with Crippen LogP contribution in [0.3, 0.4) is 0 Å². The highest BCUT2D eigenvalue weighted by molar-refractivity contribution is 7.16. The zero-order chi connectivity index (χ0) is 11.4. The minimum absolute atomic E-state index is 0.152. The molecule has 1 aliphatic rings. The van der Waals surface area contributed by atoms with E-state index < -0.39 is 0 Å². The summed E-state index contributed by atoms with van der Waals surface area (Å²) in [7, 11) is 0. The number of rotatable bonds is 4. The first kappa shape index (κ1) is 12.4. The molecule has 1 fully saturated rings. The Morgan fingerprint density at radius 1 is 1.38 bits per heavy atom. The van der Waals surface area contributed by atoms with Crippen molar-refractivity contribution in [3.63, 3.8) is 0 Å². The van der Waals surface area contributed by atoms with Crippen molar-refractivity contribution in [2.24, 2.45) is 0 Å². The summed E-state index contributed by atoms with van der Waals surface area (Å²) in [4.78, 5) is 1.31. The molecule has 0 saturated heterocycles. The van der Waals surface area contributed by atoms with Crippen molar-refractivity contribution in [3.05, 3.63) is 21.3 Å². The lowest BCUT2D eigenvalue weighted by Crippen LogP contribution is -2.42. The lowest BCUT2D eigenvalue weighted by atomic mass is 9.92. The molecule has 0 amide bonds. The molecular formula is C12H18ClNOS. The smallest absolute Gasteiger partial charge is 0.0931 e. The van der Waals surface area contributed by atoms with Gasteiger partial charge in [-0.15, -0.1) is 11.3 Å². The minimum Gasteiger partial charge on any atom is -0.392 e. The Hall–Kier alpha value is -0.0900. The van der Waals surface area contributed by atoms with Crippen LogP contribution in [0.15, 0.2) is 12.1 Å². The lowest BCUT2D eigenvalue weighted by molar-refractivity contribution is 0.0914. The molecule has 4 heteroatoms. The summed E-state index contributed by atoms with van der Waals surface area (Å²) < 4.78 is 0.854. The first-order valence-corrected chi connectivity index (χ1v) is 7.11. The van der Waals surface area contributed by atoms with Crippen LogP contribution in [-0.4, -0.2) is 23.8 Å². The normalized spacial score (nSPS) is 25.9. The molecule has 0 radical (unpaired) electrons.